The van der Waals surface area contributed by atoms with E-state index in [4.69, 9.17) is 9.15 Å². The molecule has 1 atom stereocenters. The van der Waals surface area contributed by atoms with E-state index < -0.39 is 6.04 Å². The molecule has 0 bridgehead atoms. The Balaban J connectivity index is 2.06. The molecule has 0 saturated heterocycles. The third kappa shape index (κ3) is 4.88. The van der Waals surface area contributed by atoms with Crippen molar-refractivity contribution in [3.8, 4) is 5.75 Å². The molecule has 2 amide bonds. The number of ether oxygens (including phenoxy) is 1. The summed E-state index contributed by atoms with van der Waals surface area (Å²) in [6.07, 6.45) is 0. The van der Waals surface area contributed by atoms with Crippen LogP contribution < -0.4 is 10.1 Å². The van der Waals surface area contributed by atoms with Gasteiger partial charge in [0.15, 0.2) is 0 Å². The van der Waals surface area contributed by atoms with Gasteiger partial charge >= 0.3 is 0 Å². The Bertz CT molecular complexity index is 749. The lowest BCUT2D eigenvalue weighted by molar-refractivity contribution is -0.133. The summed E-state index contributed by atoms with van der Waals surface area (Å²) in [7, 11) is 3.27. The number of nitrogens with zero attached hydrogens (tertiary/aromatic N) is 1. The number of carbonyl (C=O) groups is 2. The highest BCUT2D eigenvalue weighted by atomic mass is 16.5. The van der Waals surface area contributed by atoms with E-state index in [2.05, 4.69) is 5.32 Å². The summed E-state index contributed by atoms with van der Waals surface area (Å²) in [6, 6.07) is 9.86. The van der Waals surface area contributed by atoms with Gasteiger partial charge in [-0.3, -0.25) is 9.59 Å². The van der Waals surface area contributed by atoms with E-state index in [-0.39, 0.29) is 17.7 Å². The van der Waals surface area contributed by atoms with Crippen LogP contribution in [0.1, 0.15) is 35.7 Å². The second-order valence-corrected chi connectivity index (χ2v) is 6.63. The third-order valence-corrected chi connectivity index (χ3v) is 4.14. The van der Waals surface area contributed by atoms with E-state index in [1.807, 2.05) is 32.9 Å². The summed E-state index contributed by atoms with van der Waals surface area (Å²) in [6.45, 7) is 6.02. The molecule has 1 heterocycles. The van der Waals surface area contributed by atoms with Gasteiger partial charge in [0, 0.05) is 12.6 Å². The van der Waals surface area contributed by atoms with E-state index in [9.17, 15) is 9.59 Å². The van der Waals surface area contributed by atoms with Crippen LogP contribution in [-0.4, -0.2) is 36.9 Å². The predicted molar refractivity (Wildman–Crippen MR) is 99.0 cm³/mol. The quantitative estimate of drug-likeness (QED) is 0.826. The smallest absolute Gasteiger partial charge is 0.251 e. The molecule has 2 aromatic rings. The molecule has 6 heteroatoms. The zero-order valence-corrected chi connectivity index (χ0v) is 15.9. The molecule has 0 aliphatic rings. The van der Waals surface area contributed by atoms with Crippen LogP contribution in [0.2, 0.25) is 0 Å². The van der Waals surface area contributed by atoms with Gasteiger partial charge in [-0.15, -0.1) is 0 Å². The second kappa shape index (κ2) is 8.56. The van der Waals surface area contributed by atoms with E-state index in [1.54, 1.807) is 43.3 Å². The van der Waals surface area contributed by atoms with Gasteiger partial charge < -0.3 is 19.4 Å². The zero-order chi connectivity index (χ0) is 19.3. The number of hydrogen-bond acceptors (Lipinski definition) is 4. The molecule has 1 N–H and O–H groups in total. The first-order valence-electron chi connectivity index (χ1n) is 8.57. The Morgan fingerprint density at radius 2 is 1.81 bits per heavy atom. The van der Waals surface area contributed by atoms with E-state index in [1.165, 1.54) is 0 Å². The molecule has 2 rings (SSSR count). The minimum atomic E-state index is -0.620. The van der Waals surface area contributed by atoms with Crippen molar-refractivity contribution in [2.24, 2.45) is 5.92 Å². The number of methoxy groups -OCH3 is 1. The first kappa shape index (κ1) is 19.6. The summed E-state index contributed by atoms with van der Waals surface area (Å²) in [5, 5.41) is 2.84. The number of hydrogen-bond donors (Lipinski definition) is 1. The van der Waals surface area contributed by atoms with E-state index in [0.29, 0.717) is 23.6 Å². The van der Waals surface area contributed by atoms with Crippen molar-refractivity contribution in [3.05, 3.63) is 53.5 Å². The van der Waals surface area contributed by atoms with Crippen LogP contribution >= 0.6 is 0 Å². The Labute approximate surface area is 154 Å². The molecule has 0 aliphatic carbocycles. The van der Waals surface area contributed by atoms with E-state index in [0.717, 1.165) is 5.76 Å². The fraction of sp³-hybridized carbons (Fsp3) is 0.400. The summed E-state index contributed by atoms with van der Waals surface area (Å²) < 4.78 is 10.6. The molecule has 140 valence electrons. The monoisotopic (exact) mass is 358 g/mol. The van der Waals surface area contributed by atoms with Crippen LogP contribution in [0, 0.1) is 12.8 Å². The topological polar surface area (TPSA) is 71.8 Å². The number of likely N-dealkylation sites (N-methyl/N-ethyl adjacent to an activating group) is 1. The number of furan rings is 1. The molecule has 26 heavy (non-hydrogen) atoms. The van der Waals surface area contributed by atoms with Crippen LogP contribution in [0.5, 0.6) is 5.75 Å². The fourth-order valence-electron chi connectivity index (χ4n) is 2.60. The molecular weight excluding hydrogens is 332 g/mol. The molecule has 1 unspecified atom stereocenters. The maximum absolute atomic E-state index is 12.8. The van der Waals surface area contributed by atoms with E-state index >= 15 is 0 Å². The van der Waals surface area contributed by atoms with Gasteiger partial charge in [-0.1, -0.05) is 13.8 Å². The maximum Gasteiger partial charge on any atom is 0.251 e. The predicted octanol–water partition coefficient (Wildman–Crippen LogP) is 3.01. The van der Waals surface area contributed by atoms with Crippen molar-refractivity contribution in [2.45, 2.75) is 33.4 Å². The largest absolute Gasteiger partial charge is 0.497 e. The van der Waals surface area contributed by atoms with Crippen LogP contribution in [0.15, 0.2) is 40.8 Å². The van der Waals surface area contributed by atoms with Crippen LogP contribution in [-0.2, 0) is 11.3 Å². The molecule has 1 aromatic heterocycles. The van der Waals surface area contributed by atoms with Crippen LogP contribution in [0.4, 0.5) is 0 Å². The van der Waals surface area contributed by atoms with Gasteiger partial charge in [-0.05, 0) is 49.2 Å². The molecule has 0 saturated carbocycles. The molecule has 1 aromatic carbocycles. The minimum Gasteiger partial charge on any atom is -0.497 e. The van der Waals surface area contributed by atoms with Crippen molar-refractivity contribution in [1.82, 2.24) is 10.2 Å². The first-order chi connectivity index (χ1) is 12.3. The van der Waals surface area contributed by atoms with Gasteiger partial charge in [0.25, 0.3) is 5.91 Å². The zero-order valence-electron chi connectivity index (χ0n) is 15.9. The standard InChI is InChI=1S/C20H26N2O4/c1-13(2)18(20(24)22(4)12-17-9-6-14(3)26-17)21-19(23)15-7-10-16(25-5)11-8-15/h6-11,13,18H,12H2,1-5H3,(H,21,23). The van der Waals surface area contributed by atoms with Gasteiger partial charge in [0.2, 0.25) is 5.91 Å². The molecule has 0 radical (unpaired) electrons. The summed E-state index contributed by atoms with van der Waals surface area (Å²) in [5.41, 5.74) is 0.480. The Hall–Kier alpha value is -2.76. The highest BCUT2D eigenvalue weighted by molar-refractivity contribution is 5.97. The van der Waals surface area contributed by atoms with Crippen molar-refractivity contribution in [3.63, 3.8) is 0 Å². The Kier molecular flexibility index (Phi) is 6.44. The third-order valence-electron chi connectivity index (χ3n) is 4.14. The maximum atomic E-state index is 12.8. The number of nitrogens with one attached hydrogen (secondary N) is 1. The Morgan fingerprint density at radius 3 is 2.31 bits per heavy atom. The average molecular weight is 358 g/mol. The van der Waals surface area contributed by atoms with Gasteiger partial charge in [0.1, 0.15) is 23.3 Å². The van der Waals surface area contributed by atoms with Crippen LogP contribution in [0.25, 0.3) is 0 Å². The lowest BCUT2D eigenvalue weighted by Gasteiger charge is -2.26. The first-order valence-corrected chi connectivity index (χ1v) is 8.57. The number of rotatable bonds is 7. The number of carbonyl (C=O) groups excluding carboxylic acids is 2. The van der Waals surface area contributed by atoms with Gasteiger partial charge in [-0.25, -0.2) is 0 Å². The van der Waals surface area contributed by atoms with Crippen molar-refractivity contribution in [1.29, 1.82) is 0 Å². The number of amides is 2. The van der Waals surface area contributed by atoms with Crippen molar-refractivity contribution >= 4 is 11.8 Å². The molecule has 0 spiro atoms. The SMILES string of the molecule is COc1ccc(C(=O)NC(C(=O)N(C)Cc2ccc(C)o2)C(C)C)cc1. The molecular formula is C20H26N2O4. The number of aryl methyl sites for hydroxylation is 1. The minimum absolute atomic E-state index is 0.0505. The van der Waals surface area contributed by atoms with Gasteiger partial charge in [-0.2, -0.15) is 0 Å². The normalized spacial score (nSPS) is 11.9. The highest BCUT2D eigenvalue weighted by Crippen LogP contribution is 2.14. The molecule has 0 aliphatic heterocycles. The summed E-state index contributed by atoms with van der Waals surface area (Å²) in [4.78, 5) is 26.9. The lowest BCUT2D eigenvalue weighted by Crippen LogP contribution is -2.50. The highest BCUT2D eigenvalue weighted by Gasteiger charge is 2.27. The summed E-state index contributed by atoms with van der Waals surface area (Å²) >= 11 is 0. The summed E-state index contributed by atoms with van der Waals surface area (Å²) in [5.74, 6) is 1.69. The fourth-order valence-corrected chi connectivity index (χ4v) is 2.60. The van der Waals surface area contributed by atoms with Gasteiger partial charge in [0.05, 0.1) is 13.7 Å². The van der Waals surface area contributed by atoms with Crippen molar-refractivity contribution < 1.29 is 18.7 Å². The number of benzene rings is 1. The van der Waals surface area contributed by atoms with Crippen LogP contribution in [0.3, 0.4) is 0 Å². The molecule has 0 fully saturated rings. The second-order valence-electron chi connectivity index (χ2n) is 6.63. The van der Waals surface area contributed by atoms with Crippen molar-refractivity contribution in [2.75, 3.05) is 14.2 Å². The average Bonchev–Trinajstić information content (AvgIpc) is 3.03. The Morgan fingerprint density at radius 1 is 1.15 bits per heavy atom. The lowest BCUT2D eigenvalue weighted by atomic mass is 10.0. The molecule has 6 nitrogen and oxygen atoms in total.